The van der Waals surface area contributed by atoms with Gasteiger partial charge >= 0.3 is 6.18 Å². The second-order valence-electron chi connectivity index (χ2n) is 7.61. The molecule has 0 bridgehead atoms. The molecule has 0 amide bonds. The molecule has 1 heterocycles. The molecule has 3 aromatic rings. The highest BCUT2D eigenvalue weighted by Gasteiger charge is 2.35. The Kier molecular flexibility index (Phi) is 5.81. The number of halogens is 3. The lowest BCUT2D eigenvalue weighted by Gasteiger charge is -2.24. The third-order valence-corrected chi connectivity index (χ3v) is 5.69. The van der Waals surface area contributed by atoms with Gasteiger partial charge < -0.3 is 19.9 Å². The summed E-state index contributed by atoms with van der Waals surface area (Å²) in [6.07, 6.45) is -1.50. The van der Waals surface area contributed by atoms with Crippen LogP contribution in [0.15, 0.2) is 47.4 Å². The molecular weight excluding hydrogens is 441 g/mol. The number of ether oxygens (including phenoxy) is 2. The summed E-state index contributed by atoms with van der Waals surface area (Å²) >= 11 is 0. The van der Waals surface area contributed by atoms with Crippen molar-refractivity contribution in [1.29, 1.82) is 0 Å². The monoisotopic (exact) mass is 461 g/mol. The van der Waals surface area contributed by atoms with Crippen molar-refractivity contribution in [2.45, 2.75) is 25.4 Å². The number of nitrogens with zero attached hydrogens (tertiary/aromatic N) is 2. The van der Waals surface area contributed by atoms with E-state index >= 15 is 0 Å². The Bertz CT molecular complexity index is 1250. The first kappa shape index (κ1) is 22.7. The highest BCUT2D eigenvalue weighted by Crippen LogP contribution is 2.38. The topological polar surface area (TPSA) is 87.0 Å². The summed E-state index contributed by atoms with van der Waals surface area (Å²) in [6.45, 7) is 0. The van der Waals surface area contributed by atoms with Crippen molar-refractivity contribution in [1.82, 2.24) is 4.57 Å². The van der Waals surface area contributed by atoms with E-state index in [0.29, 0.717) is 36.0 Å². The van der Waals surface area contributed by atoms with Crippen LogP contribution in [0.3, 0.4) is 0 Å². The molecule has 0 saturated carbocycles. The van der Waals surface area contributed by atoms with Gasteiger partial charge in [0.2, 0.25) is 0 Å². The Hall–Kier alpha value is -3.50. The Morgan fingerprint density at radius 3 is 2.30 bits per heavy atom. The fourth-order valence-corrected chi connectivity index (χ4v) is 4.17. The van der Waals surface area contributed by atoms with Crippen LogP contribution in [0, 0.1) is 5.21 Å². The summed E-state index contributed by atoms with van der Waals surface area (Å²) in [5.41, 5.74) is -0.617. The molecule has 0 atom stereocenters. The summed E-state index contributed by atoms with van der Waals surface area (Å²) in [6, 6.07) is 7.22. The highest BCUT2D eigenvalue weighted by atomic mass is 19.4. The van der Waals surface area contributed by atoms with Crippen LogP contribution in [0.25, 0.3) is 16.8 Å². The molecule has 7 nitrogen and oxygen atoms in total. The summed E-state index contributed by atoms with van der Waals surface area (Å²) < 4.78 is 52.8. The van der Waals surface area contributed by atoms with E-state index in [-0.39, 0.29) is 5.56 Å². The van der Waals surface area contributed by atoms with Crippen LogP contribution in [0.1, 0.15) is 23.1 Å². The van der Waals surface area contributed by atoms with Gasteiger partial charge in [-0.05, 0) is 66.3 Å². The Labute approximate surface area is 186 Å². The molecule has 0 saturated heterocycles. The Morgan fingerprint density at radius 1 is 1.06 bits per heavy atom. The largest absolute Gasteiger partial charge is 0.733 e. The van der Waals surface area contributed by atoms with Crippen molar-refractivity contribution < 1.29 is 27.9 Å². The predicted molar refractivity (Wildman–Crippen MR) is 115 cm³/mol. The van der Waals surface area contributed by atoms with Crippen molar-refractivity contribution in [3.05, 3.63) is 74.8 Å². The third-order valence-electron chi connectivity index (χ3n) is 5.69. The van der Waals surface area contributed by atoms with E-state index in [1.54, 1.807) is 18.2 Å². The zero-order valence-electron chi connectivity index (χ0n) is 17.8. The van der Waals surface area contributed by atoms with E-state index in [1.165, 1.54) is 20.4 Å². The number of hydrogen-bond donors (Lipinski definition) is 1. The first-order valence-electron chi connectivity index (χ1n) is 10.0. The number of rotatable bonds is 5. The number of pyridine rings is 1. The van der Waals surface area contributed by atoms with Gasteiger partial charge in [-0.1, -0.05) is 0 Å². The molecule has 4 rings (SSSR count). The van der Waals surface area contributed by atoms with Gasteiger partial charge in [-0.3, -0.25) is 14.6 Å². The maximum absolute atomic E-state index is 13.8. The normalized spacial score (nSPS) is 13.1. The lowest BCUT2D eigenvalue weighted by atomic mass is 9.98. The Morgan fingerprint density at radius 2 is 1.73 bits per heavy atom. The molecule has 0 unspecified atom stereocenters. The number of aryl methyl sites for hydroxylation is 1. The molecule has 10 heteroatoms. The zero-order valence-corrected chi connectivity index (χ0v) is 17.8. The Balaban J connectivity index is 2.05. The van der Waals surface area contributed by atoms with Crippen LogP contribution >= 0.6 is 0 Å². The number of aromatic nitrogens is 1. The summed E-state index contributed by atoms with van der Waals surface area (Å²) in [7, 11) is 2.91. The number of hydrogen-bond acceptors (Lipinski definition) is 6. The predicted octanol–water partition coefficient (Wildman–Crippen LogP) is 4.72. The minimum absolute atomic E-state index is 0.240. The van der Waals surface area contributed by atoms with Crippen LogP contribution in [-0.4, -0.2) is 24.0 Å². The third kappa shape index (κ3) is 4.14. The van der Waals surface area contributed by atoms with Gasteiger partial charge in [0, 0.05) is 12.3 Å². The number of alkyl halides is 3. The number of fused-ring (bicyclic) bond motifs is 1. The average Bonchev–Trinajstić information content (AvgIpc) is 3.25. The summed E-state index contributed by atoms with van der Waals surface area (Å²) in [5.74, 6) is 0.845. The van der Waals surface area contributed by atoms with Crippen LogP contribution in [-0.2, 0) is 19.0 Å². The molecule has 0 aliphatic heterocycles. The second kappa shape index (κ2) is 8.45. The minimum atomic E-state index is -4.80. The molecule has 1 aliphatic carbocycles. The second-order valence-corrected chi connectivity index (χ2v) is 7.61. The van der Waals surface area contributed by atoms with Gasteiger partial charge in [-0.2, -0.15) is 13.2 Å². The van der Waals surface area contributed by atoms with Crippen molar-refractivity contribution in [2.75, 3.05) is 19.4 Å². The van der Waals surface area contributed by atoms with E-state index in [1.807, 2.05) is 0 Å². The molecule has 33 heavy (non-hydrogen) atoms. The SMILES string of the molecule is COc1cc(OC)cc(-c2c3c(cn(-c4cc(N([O-])O)ccc4C(F)(F)F)c2=O)CCC3)c1. The molecular formula is C23H20F3N2O5-. The summed E-state index contributed by atoms with van der Waals surface area (Å²) in [4.78, 5) is 13.6. The van der Waals surface area contributed by atoms with Gasteiger partial charge in [0.05, 0.1) is 36.7 Å². The molecule has 1 N–H and O–H groups in total. The van der Waals surface area contributed by atoms with Gasteiger partial charge in [0.25, 0.3) is 5.56 Å². The highest BCUT2D eigenvalue weighted by molar-refractivity contribution is 5.72. The first-order chi connectivity index (χ1) is 15.6. The zero-order chi connectivity index (χ0) is 23.9. The van der Waals surface area contributed by atoms with E-state index < -0.39 is 33.9 Å². The number of methoxy groups -OCH3 is 2. The van der Waals surface area contributed by atoms with Gasteiger partial charge in [-0.15, -0.1) is 0 Å². The molecule has 174 valence electrons. The molecule has 0 fully saturated rings. The molecule has 1 aromatic heterocycles. The fraction of sp³-hybridized carbons (Fsp3) is 0.261. The van der Waals surface area contributed by atoms with E-state index in [2.05, 4.69) is 0 Å². The fourth-order valence-electron chi connectivity index (χ4n) is 4.17. The first-order valence-corrected chi connectivity index (χ1v) is 10.0. The quantitative estimate of drug-likeness (QED) is 0.554. The maximum Gasteiger partial charge on any atom is 0.418 e. The molecule has 1 aliphatic rings. The van der Waals surface area contributed by atoms with E-state index in [9.17, 15) is 28.4 Å². The van der Waals surface area contributed by atoms with Crippen molar-refractivity contribution in [2.24, 2.45) is 0 Å². The van der Waals surface area contributed by atoms with Crippen molar-refractivity contribution >= 4 is 5.69 Å². The number of anilines is 1. The lowest BCUT2D eigenvalue weighted by Crippen LogP contribution is -2.25. The smallest absolute Gasteiger partial charge is 0.418 e. The molecule has 0 spiro atoms. The van der Waals surface area contributed by atoms with Gasteiger partial charge in [0.15, 0.2) is 0 Å². The van der Waals surface area contributed by atoms with Crippen molar-refractivity contribution in [3.8, 4) is 28.3 Å². The van der Waals surface area contributed by atoms with Crippen LogP contribution in [0.2, 0.25) is 0 Å². The van der Waals surface area contributed by atoms with E-state index in [4.69, 9.17) is 9.47 Å². The average molecular weight is 461 g/mol. The lowest BCUT2D eigenvalue weighted by molar-refractivity contribution is -0.137. The van der Waals surface area contributed by atoms with Gasteiger partial charge in [0.1, 0.15) is 11.5 Å². The number of benzene rings is 2. The maximum atomic E-state index is 13.8. The standard InChI is InChI=1S/C23H20F3N2O5/c1-32-16-8-14(9-17(11-16)33-2)21-18-5-3-4-13(18)12-27(22(21)29)20-10-15(28(30)31)6-7-19(20)23(24,25)26/h6-12,30H,3-5H2,1-2H3/q-1. The molecule has 0 radical (unpaired) electrons. The summed E-state index contributed by atoms with van der Waals surface area (Å²) in [5, 5.41) is 20.1. The van der Waals surface area contributed by atoms with E-state index in [0.717, 1.165) is 34.2 Å². The van der Waals surface area contributed by atoms with Crippen LogP contribution in [0.5, 0.6) is 11.5 Å². The molecule has 2 aromatic carbocycles. The van der Waals surface area contributed by atoms with Gasteiger partial charge in [-0.25, -0.2) is 0 Å². The van der Waals surface area contributed by atoms with Crippen LogP contribution in [0.4, 0.5) is 18.9 Å². The van der Waals surface area contributed by atoms with Crippen molar-refractivity contribution in [3.63, 3.8) is 0 Å². The minimum Gasteiger partial charge on any atom is -0.733 e. The van der Waals surface area contributed by atoms with Crippen LogP contribution < -0.4 is 20.3 Å².